The fourth-order valence-electron chi connectivity index (χ4n) is 3.02. The molecule has 1 aliphatic heterocycles. The largest absolute Gasteiger partial charge is 0.495 e. The number of methoxy groups -OCH3 is 1. The molecule has 1 heterocycles. The van der Waals surface area contributed by atoms with Gasteiger partial charge in [0.1, 0.15) is 5.75 Å². The zero-order valence-electron chi connectivity index (χ0n) is 17.2. The number of nitrogens with zero attached hydrogens (tertiary/aromatic N) is 1. The molecule has 1 aliphatic rings. The molecule has 166 valence electrons. The molecule has 2 aromatic carbocycles. The van der Waals surface area contributed by atoms with E-state index in [1.54, 1.807) is 29.2 Å². The van der Waals surface area contributed by atoms with Crippen molar-refractivity contribution in [3.63, 3.8) is 0 Å². The summed E-state index contributed by atoms with van der Waals surface area (Å²) in [5.41, 5.74) is 0.432. The van der Waals surface area contributed by atoms with Crippen molar-refractivity contribution in [2.45, 2.75) is 17.9 Å². The van der Waals surface area contributed by atoms with Crippen LogP contribution in [-0.4, -0.2) is 64.7 Å². The van der Waals surface area contributed by atoms with Gasteiger partial charge in [-0.1, -0.05) is 12.1 Å². The molecule has 10 heteroatoms. The smallest absolute Gasteiger partial charge is 0.338 e. The van der Waals surface area contributed by atoms with Gasteiger partial charge in [0, 0.05) is 13.1 Å². The number of anilines is 1. The lowest BCUT2D eigenvalue weighted by Gasteiger charge is -2.28. The standard InChI is InChI=1S/C21H24N2O7S/c1-15(20(24)23-11-13-29-14-12-23)30-21(25)16-7-9-17(10-8-16)31(26,27)22-18-5-3-4-6-19(18)28-2/h3-10,15,22H,11-14H2,1-2H3/t15-/m0/s1. The fourth-order valence-corrected chi connectivity index (χ4v) is 4.09. The molecule has 1 N–H and O–H groups in total. The van der Waals surface area contributed by atoms with E-state index in [2.05, 4.69) is 4.72 Å². The van der Waals surface area contributed by atoms with Crippen molar-refractivity contribution < 1.29 is 32.2 Å². The van der Waals surface area contributed by atoms with Crippen LogP contribution in [0.1, 0.15) is 17.3 Å². The highest BCUT2D eigenvalue weighted by Crippen LogP contribution is 2.26. The van der Waals surface area contributed by atoms with Gasteiger partial charge in [0.15, 0.2) is 6.10 Å². The third kappa shape index (κ3) is 5.53. The number of hydrogen-bond donors (Lipinski definition) is 1. The predicted octanol–water partition coefficient (Wildman–Crippen LogP) is 1.90. The average molecular weight is 448 g/mol. The Balaban J connectivity index is 1.66. The molecular weight excluding hydrogens is 424 g/mol. The minimum absolute atomic E-state index is 0.0348. The van der Waals surface area contributed by atoms with Crippen molar-refractivity contribution in [2.75, 3.05) is 38.1 Å². The Morgan fingerprint density at radius 2 is 1.71 bits per heavy atom. The summed E-state index contributed by atoms with van der Waals surface area (Å²) in [7, 11) is -2.45. The van der Waals surface area contributed by atoms with Gasteiger partial charge in [0.05, 0.1) is 36.5 Å². The van der Waals surface area contributed by atoms with Crippen LogP contribution in [0.3, 0.4) is 0 Å². The Bertz CT molecular complexity index is 1030. The van der Waals surface area contributed by atoms with Gasteiger partial charge in [0.25, 0.3) is 15.9 Å². The Hall–Kier alpha value is -3.11. The van der Waals surface area contributed by atoms with Crippen LogP contribution in [0.4, 0.5) is 5.69 Å². The summed E-state index contributed by atoms with van der Waals surface area (Å²) in [4.78, 5) is 26.3. The highest BCUT2D eigenvalue weighted by atomic mass is 32.2. The maximum absolute atomic E-state index is 12.6. The summed E-state index contributed by atoms with van der Waals surface area (Å²) in [6.07, 6.45) is -0.957. The van der Waals surface area contributed by atoms with Crippen LogP contribution in [0.15, 0.2) is 53.4 Å². The lowest BCUT2D eigenvalue weighted by molar-refractivity contribution is -0.143. The van der Waals surface area contributed by atoms with Gasteiger partial charge in [-0.3, -0.25) is 9.52 Å². The number of hydrogen-bond acceptors (Lipinski definition) is 7. The van der Waals surface area contributed by atoms with Crippen LogP contribution in [-0.2, 0) is 24.3 Å². The van der Waals surface area contributed by atoms with Gasteiger partial charge in [-0.25, -0.2) is 13.2 Å². The highest BCUT2D eigenvalue weighted by Gasteiger charge is 2.26. The monoisotopic (exact) mass is 448 g/mol. The van der Waals surface area contributed by atoms with Gasteiger partial charge in [0.2, 0.25) is 0 Å². The number of rotatable bonds is 7. The predicted molar refractivity (Wildman–Crippen MR) is 113 cm³/mol. The van der Waals surface area contributed by atoms with E-state index in [1.807, 2.05) is 0 Å². The first kappa shape index (κ1) is 22.6. The minimum Gasteiger partial charge on any atom is -0.495 e. The molecule has 0 unspecified atom stereocenters. The molecule has 1 saturated heterocycles. The normalized spacial score (nSPS) is 15.1. The summed E-state index contributed by atoms with van der Waals surface area (Å²) < 4.78 is 43.4. The van der Waals surface area contributed by atoms with Gasteiger partial charge in [-0.05, 0) is 43.3 Å². The molecule has 1 amide bonds. The van der Waals surface area contributed by atoms with E-state index < -0.39 is 22.1 Å². The van der Waals surface area contributed by atoms with Crippen LogP contribution in [0.2, 0.25) is 0 Å². The molecule has 0 bridgehead atoms. The Morgan fingerprint density at radius 3 is 2.35 bits per heavy atom. The number of esters is 1. The molecule has 0 aliphatic carbocycles. The number of sulfonamides is 1. The Morgan fingerprint density at radius 1 is 1.06 bits per heavy atom. The van der Waals surface area contributed by atoms with E-state index in [0.717, 1.165) is 0 Å². The van der Waals surface area contributed by atoms with E-state index >= 15 is 0 Å². The third-order valence-electron chi connectivity index (χ3n) is 4.71. The topological polar surface area (TPSA) is 111 Å². The molecular formula is C21H24N2O7S. The van der Waals surface area contributed by atoms with Crippen molar-refractivity contribution in [1.82, 2.24) is 4.90 Å². The second-order valence-electron chi connectivity index (χ2n) is 6.82. The third-order valence-corrected chi connectivity index (χ3v) is 6.09. The first-order valence-corrected chi connectivity index (χ1v) is 11.1. The lowest BCUT2D eigenvalue weighted by atomic mass is 10.2. The first-order valence-electron chi connectivity index (χ1n) is 9.65. The van der Waals surface area contributed by atoms with Gasteiger partial charge in [-0.15, -0.1) is 0 Å². The van der Waals surface area contributed by atoms with E-state index in [0.29, 0.717) is 37.7 Å². The molecule has 0 saturated carbocycles. The second-order valence-corrected chi connectivity index (χ2v) is 8.50. The molecule has 0 radical (unpaired) electrons. The number of morpholine rings is 1. The lowest BCUT2D eigenvalue weighted by Crippen LogP contribution is -2.46. The van der Waals surface area contributed by atoms with Crippen molar-refractivity contribution in [1.29, 1.82) is 0 Å². The van der Waals surface area contributed by atoms with Gasteiger partial charge in [-0.2, -0.15) is 0 Å². The maximum Gasteiger partial charge on any atom is 0.338 e. The molecule has 0 aromatic heterocycles. The summed E-state index contributed by atoms with van der Waals surface area (Å²) in [6, 6.07) is 11.9. The Labute approximate surface area is 181 Å². The molecule has 0 spiro atoms. The van der Waals surface area contributed by atoms with Crippen molar-refractivity contribution >= 4 is 27.6 Å². The highest BCUT2D eigenvalue weighted by molar-refractivity contribution is 7.92. The number of amides is 1. The van der Waals surface area contributed by atoms with E-state index in [1.165, 1.54) is 38.3 Å². The summed E-state index contributed by atoms with van der Waals surface area (Å²) in [5, 5.41) is 0. The van der Waals surface area contributed by atoms with Gasteiger partial charge < -0.3 is 19.1 Å². The Kier molecular flexibility index (Phi) is 7.13. The average Bonchev–Trinajstić information content (AvgIpc) is 2.79. The van der Waals surface area contributed by atoms with E-state index in [-0.39, 0.29) is 16.4 Å². The number of carbonyl (C=O) groups is 2. The summed E-state index contributed by atoms with van der Waals surface area (Å²) >= 11 is 0. The zero-order valence-corrected chi connectivity index (χ0v) is 18.1. The SMILES string of the molecule is COc1ccccc1NS(=O)(=O)c1ccc(C(=O)O[C@@H](C)C(=O)N2CCOCC2)cc1. The molecule has 31 heavy (non-hydrogen) atoms. The molecule has 1 atom stereocenters. The first-order chi connectivity index (χ1) is 14.8. The van der Waals surface area contributed by atoms with Crippen LogP contribution in [0.25, 0.3) is 0 Å². The number of para-hydroxylation sites is 2. The molecule has 3 rings (SSSR count). The van der Waals surface area contributed by atoms with Crippen LogP contribution in [0, 0.1) is 0 Å². The molecule has 2 aromatic rings. The minimum atomic E-state index is -3.89. The molecule has 9 nitrogen and oxygen atoms in total. The summed E-state index contributed by atoms with van der Waals surface area (Å²) in [5.74, 6) is -0.627. The van der Waals surface area contributed by atoms with Crippen LogP contribution in [0.5, 0.6) is 5.75 Å². The quantitative estimate of drug-likeness (QED) is 0.644. The van der Waals surface area contributed by atoms with E-state index in [9.17, 15) is 18.0 Å². The van der Waals surface area contributed by atoms with Crippen molar-refractivity contribution in [3.05, 3.63) is 54.1 Å². The number of benzene rings is 2. The number of ether oxygens (including phenoxy) is 3. The molecule has 1 fully saturated rings. The number of nitrogens with one attached hydrogen (secondary N) is 1. The van der Waals surface area contributed by atoms with Crippen LogP contribution < -0.4 is 9.46 Å². The van der Waals surface area contributed by atoms with Crippen LogP contribution >= 0.6 is 0 Å². The fraction of sp³-hybridized carbons (Fsp3) is 0.333. The zero-order chi connectivity index (χ0) is 22.4. The summed E-state index contributed by atoms with van der Waals surface area (Å²) in [6.45, 7) is 3.31. The van der Waals surface area contributed by atoms with E-state index in [4.69, 9.17) is 14.2 Å². The maximum atomic E-state index is 12.6. The van der Waals surface area contributed by atoms with Crippen molar-refractivity contribution in [3.8, 4) is 5.75 Å². The number of carbonyl (C=O) groups excluding carboxylic acids is 2. The second kappa shape index (κ2) is 9.80. The van der Waals surface area contributed by atoms with Crippen molar-refractivity contribution in [2.24, 2.45) is 0 Å². The van der Waals surface area contributed by atoms with Gasteiger partial charge >= 0.3 is 5.97 Å².